The second kappa shape index (κ2) is 4.88. The van der Waals surface area contributed by atoms with E-state index in [1.54, 1.807) is 11.6 Å². The molecule has 0 atom stereocenters. The van der Waals surface area contributed by atoms with Crippen molar-refractivity contribution in [3.8, 4) is 17.2 Å². The zero-order valence-electron chi connectivity index (χ0n) is 11.0. The quantitative estimate of drug-likeness (QED) is 0.907. The van der Waals surface area contributed by atoms with Crippen LogP contribution < -0.4 is 9.47 Å². The zero-order valence-corrected chi connectivity index (χ0v) is 11.0. The van der Waals surface area contributed by atoms with Gasteiger partial charge in [-0.3, -0.25) is 0 Å². The van der Waals surface area contributed by atoms with Crippen LogP contribution in [0.2, 0.25) is 0 Å². The molecule has 0 spiro atoms. The number of carbonyl (C=O) groups is 1. The van der Waals surface area contributed by atoms with Gasteiger partial charge in [-0.1, -0.05) is 0 Å². The summed E-state index contributed by atoms with van der Waals surface area (Å²) in [6.07, 6.45) is 2.19. The van der Waals surface area contributed by atoms with Crippen LogP contribution >= 0.6 is 0 Å². The molecule has 1 aliphatic heterocycles. The summed E-state index contributed by atoms with van der Waals surface area (Å²) in [5, 5.41) is 13.2. The molecule has 0 bridgehead atoms. The van der Waals surface area contributed by atoms with Crippen LogP contribution in [-0.4, -0.2) is 34.1 Å². The van der Waals surface area contributed by atoms with Crippen molar-refractivity contribution in [3.63, 3.8) is 0 Å². The van der Waals surface area contributed by atoms with E-state index in [0.717, 1.165) is 12.1 Å². The van der Waals surface area contributed by atoms with Crippen LogP contribution in [0.1, 0.15) is 22.5 Å². The molecule has 0 aliphatic carbocycles. The number of hydrogen-bond donors (Lipinski definition) is 1. The normalized spacial score (nSPS) is 13.8. The fourth-order valence-corrected chi connectivity index (χ4v) is 2.16. The molecule has 0 amide bonds. The molecule has 1 aromatic carbocycles. The molecule has 6 heteroatoms. The number of carboxylic acids is 1. The molecule has 0 fully saturated rings. The van der Waals surface area contributed by atoms with E-state index in [1.165, 1.54) is 6.20 Å². The van der Waals surface area contributed by atoms with Crippen LogP contribution in [0, 0.1) is 6.92 Å². The van der Waals surface area contributed by atoms with E-state index in [-0.39, 0.29) is 5.56 Å². The van der Waals surface area contributed by atoms with E-state index in [9.17, 15) is 4.79 Å². The Kier molecular flexibility index (Phi) is 3.06. The standard InChI is InChI=1S/C14H14N2O4/c1-9-11(14(17)18)8-15-16(9)10-3-4-12-13(7-10)20-6-2-5-19-12/h3-4,7-8H,2,5-6H2,1H3,(H,17,18). The van der Waals surface area contributed by atoms with Crippen molar-refractivity contribution in [1.29, 1.82) is 0 Å². The van der Waals surface area contributed by atoms with Gasteiger partial charge in [-0.05, 0) is 19.1 Å². The van der Waals surface area contributed by atoms with Crippen LogP contribution in [0.5, 0.6) is 11.5 Å². The average Bonchev–Trinajstić information content (AvgIpc) is 2.68. The summed E-state index contributed by atoms with van der Waals surface area (Å²) in [5.41, 5.74) is 1.52. The zero-order chi connectivity index (χ0) is 14.1. The molecule has 0 unspecified atom stereocenters. The number of fused-ring (bicyclic) bond motifs is 1. The Morgan fingerprint density at radius 2 is 2.05 bits per heavy atom. The molecule has 6 nitrogen and oxygen atoms in total. The minimum absolute atomic E-state index is 0.192. The SMILES string of the molecule is Cc1c(C(=O)O)cnn1-c1ccc2c(c1)OCCCO2. The Hall–Kier alpha value is -2.50. The molecule has 3 rings (SSSR count). The first-order chi connectivity index (χ1) is 9.66. The maximum atomic E-state index is 11.0. The molecule has 1 N–H and O–H groups in total. The first kappa shape index (κ1) is 12.5. The predicted molar refractivity (Wildman–Crippen MR) is 70.9 cm³/mol. The lowest BCUT2D eigenvalue weighted by Crippen LogP contribution is -2.03. The number of carboxylic acid groups (broad SMARTS) is 1. The number of nitrogens with zero attached hydrogens (tertiary/aromatic N) is 2. The topological polar surface area (TPSA) is 73.6 Å². The van der Waals surface area contributed by atoms with Crippen LogP contribution in [0.15, 0.2) is 24.4 Å². The summed E-state index contributed by atoms with van der Waals surface area (Å²) in [4.78, 5) is 11.0. The molecule has 1 aliphatic rings. The summed E-state index contributed by atoms with van der Waals surface area (Å²) in [6.45, 7) is 2.96. The van der Waals surface area contributed by atoms with Gasteiger partial charge in [0.2, 0.25) is 0 Å². The predicted octanol–water partition coefficient (Wildman–Crippen LogP) is 2.04. The molecule has 0 radical (unpaired) electrons. The number of aromatic nitrogens is 2. The second-order valence-corrected chi connectivity index (χ2v) is 4.54. The Labute approximate surface area is 115 Å². The van der Waals surface area contributed by atoms with Gasteiger partial charge in [-0.25, -0.2) is 9.48 Å². The lowest BCUT2D eigenvalue weighted by atomic mass is 10.2. The van der Waals surface area contributed by atoms with Crippen molar-refractivity contribution < 1.29 is 19.4 Å². The van der Waals surface area contributed by atoms with Gasteiger partial charge in [0, 0.05) is 12.5 Å². The van der Waals surface area contributed by atoms with Gasteiger partial charge in [-0.2, -0.15) is 5.10 Å². The van der Waals surface area contributed by atoms with Crippen molar-refractivity contribution >= 4 is 5.97 Å². The van der Waals surface area contributed by atoms with Crippen molar-refractivity contribution in [2.24, 2.45) is 0 Å². The van der Waals surface area contributed by atoms with Gasteiger partial charge < -0.3 is 14.6 Å². The molecule has 20 heavy (non-hydrogen) atoms. The van der Waals surface area contributed by atoms with Gasteiger partial charge in [0.05, 0.1) is 30.8 Å². The summed E-state index contributed by atoms with van der Waals surface area (Å²) in [7, 11) is 0. The van der Waals surface area contributed by atoms with Gasteiger partial charge in [0.25, 0.3) is 0 Å². The first-order valence-electron chi connectivity index (χ1n) is 6.35. The van der Waals surface area contributed by atoms with Crippen LogP contribution in [0.25, 0.3) is 5.69 Å². The molecule has 0 saturated carbocycles. The summed E-state index contributed by atoms with van der Waals surface area (Å²) in [5.74, 6) is 0.379. The Bertz CT molecular complexity index is 663. The highest BCUT2D eigenvalue weighted by Crippen LogP contribution is 2.32. The Balaban J connectivity index is 2.03. The molecular formula is C14H14N2O4. The maximum Gasteiger partial charge on any atom is 0.339 e. The molecule has 2 aromatic rings. The van der Waals surface area contributed by atoms with E-state index in [1.807, 2.05) is 18.2 Å². The lowest BCUT2D eigenvalue weighted by molar-refractivity contribution is 0.0696. The Morgan fingerprint density at radius 3 is 2.75 bits per heavy atom. The fraction of sp³-hybridized carbons (Fsp3) is 0.286. The van der Waals surface area contributed by atoms with E-state index < -0.39 is 5.97 Å². The summed E-state index contributed by atoms with van der Waals surface area (Å²) < 4.78 is 12.8. The van der Waals surface area contributed by atoms with E-state index in [4.69, 9.17) is 14.6 Å². The van der Waals surface area contributed by atoms with Crippen LogP contribution in [0.3, 0.4) is 0 Å². The number of aromatic carboxylic acids is 1. The van der Waals surface area contributed by atoms with Crippen LogP contribution in [-0.2, 0) is 0 Å². The number of benzene rings is 1. The van der Waals surface area contributed by atoms with Crippen molar-refractivity contribution in [1.82, 2.24) is 9.78 Å². The highest BCUT2D eigenvalue weighted by atomic mass is 16.5. The first-order valence-corrected chi connectivity index (χ1v) is 6.35. The third-order valence-corrected chi connectivity index (χ3v) is 3.22. The van der Waals surface area contributed by atoms with Crippen molar-refractivity contribution in [2.45, 2.75) is 13.3 Å². The smallest absolute Gasteiger partial charge is 0.339 e. The minimum Gasteiger partial charge on any atom is -0.490 e. The average molecular weight is 274 g/mol. The van der Waals surface area contributed by atoms with Gasteiger partial charge in [0.15, 0.2) is 11.5 Å². The molecular weight excluding hydrogens is 260 g/mol. The largest absolute Gasteiger partial charge is 0.490 e. The molecule has 1 aromatic heterocycles. The summed E-state index contributed by atoms with van der Waals surface area (Å²) in [6, 6.07) is 5.46. The van der Waals surface area contributed by atoms with Gasteiger partial charge in [-0.15, -0.1) is 0 Å². The van der Waals surface area contributed by atoms with E-state index in [0.29, 0.717) is 30.4 Å². The molecule has 2 heterocycles. The third kappa shape index (κ3) is 2.09. The number of rotatable bonds is 2. The number of ether oxygens (including phenoxy) is 2. The third-order valence-electron chi connectivity index (χ3n) is 3.22. The Morgan fingerprint density at radius 1 is 1.30 bits per heavy atom. The van der Waals surface area contributed by atoms with Crippen molar-refractivity contribution in [2.75, 3.05) is 13.2 Å². The number of hydrogen-bond acceptors (Lipinski definition) is 4. The summed E-state index contributed by atoms with van der Waals surface area (Å²) >= 11 is 0. The van der Waals surface area contributed by atoms with Gasteiger partial charge in [0.1, 0.15) is 5.56 Å². The van der Waals surface area contributed by atoms with Gasteiger partial charge >= 0.3 is 5.97 Å². The second-order valence-electron chi connectivity index (χ2n) is 4.54. The molecule has 0 saturated heterocycles. The van der Waals surface area contributed by atoms with Crippen molar-refractivity contribution in [3.05, 3.63) is 35.7 Å². The van der Waals surface area contributed by atoms with E-state index >= 15 is 0 Å². The van der Waals surface area contributed by atoms with E-state index in [2.05, 4.69) is 5.10 Å². The highest BCUT2D eigenvalue weighted by Gasteiger charge is 2.16. The molecule has 104 valence electrons. The fourth-order valence-electron chi connectivity index (χ4n) is 2.16. The maximum absolute atomic E-state index is 11.0. The lowest BCUT2D eigenvalue weighted by Gasteiger charge is -2.10. The van der Waals surface area contributed by atoms with Crippen LogP contribution in [0.4, 0.5) is 0 Å². The minimum atomic E-state index is -0.983. The monoisotopic (exact) mass is 274 g/mol. The highest BCUT2D eigenvalue weighted by molar-refractivity contribution is 5.88.